The summed E-state index contributed by atoms with van der Waals surface area (Å²) in [6, 6.07) is 5.64. The van der Waals surface area contributed by atoms with Crippen LogP contribution in [0.5, 0.6) is 11.5 Å². The molecular formula is C14H20O3. The monoisotopic (exact) mass is 236 g/mol. The van der Waals surface area contributed by atoms with Gasteiger partial charge in [0.1, 0.15) is 5.78 Å². The van der Waals surface area contributed by atoms with Crippen molar-refractivity contribution in [3.05, 3.63) is 23.8 Å². The Morgan fingerprint density at radius 1 is 1.12 bits per heavy atom. The van der Waals surface area contributed by atoms with Gasteiger partial charge in [-0.25, -0.2) is 0 Å². The molecule has 0 aromatic heterocycles. The van der Waals surface area contributed by atoms with Gasteiger partial charge >= 0.3 is 0 Å². The Bertz CT molecular complexity index is 396. The Morgan fingerprint density at radius 3 is 2.12 bits per heavy atom. The molecule has 1 rings (SSSR count). The number of carbonyl (C=O) groups is 1. The lowest BCUT2D eigenvalue weighted by molar-refractivity contribution is -0.119. The first-order valence-corrected chi connectivity index (χ1v) is 5.73. The Morgan fingerprint density at radius 2 is 1.71 bits per heavy atom. The number of benzene rings is 1. The molecule has 0 N–H and O–H groups in total. The number of methoxy groups -OCH3 is 2. The van der Waals surface area contributed by atoms with Crippen molar-refractivity contribution in [3.63, 3.8) is 0 Å². The lowest BCUT2D eigenvalue weighted by Gasteiger charge is -2.19. The van der Waals surface area contributed by atoms with E-state index in [4.69, 9.17) is 9.47 Å². The summed E-state index contributed by atoms with van der Waals surface area (Å²) < 4.78 is 10.4. The lowest BCUT2D eigenvalue weighted by Crippen LogP contribution is -2.15. The minimum absolute atomic E-state index is 0.0881. The summed E-state index contributed by atoms with van der Waals surface area (Å²) >= 11 is 0. The molecule has 0 amide bonds. The molecule has 0 aliphatic rings. The van der Waals surface area contributed by atoms with Crippen molar-refractivity contribution in [1.29, 1.82) is 0 Å². The Hall–Kier alpha value is -1.51. The van der Waals surface area contributed by atoms with Gasteiger partial charge in [0.15, 0.2) is 11.5 Å². The molecule has 0 fully saturated rings. The van der Waals surface area contributed by atoms with Gasteiger partial charge in [0, 0.05) is 5.92 Å². The molecule has 0 spiro atoms. The third kappa shape index (κ3) is 2.99. The van der Waals surface area contributed by atoms with E-state index in [0.29, 0.717) is 11.5 Å². The van der Waals surface area contributed by atoms with Crippen LogP contribution in [0.15, 0.2) is 18.2 Å². The van der Waals surface area contributed by atoms with Gasteiger partial charge in [0.05, 0.1) is 14.2 Å². The van der Waals surface area contributed by atoms with Crippen LogP contribution in [-0.4, -0.2) is 20.0 Å². The zero-order valence-electron chi connectivity index (χ0n) is 11.1. The topological polar surface area (TPSA) is 35.5 Å². The first-order valence-electron chi connectivity index (χ1n) is 5.73. The summed E-state index contributed by atoms with van der Waals surface area (Å²) in [6.45, 7) is 5.72. The fourth-order valence-corrected chi connectivity index (χ4v) is 2.14. The maximum atomic E-state index is 11.7. The predicted octanol–water partition coefficient (Wildman–Crippen LogP) is 3.03. The molecule has 1 unspecified atom stereocenters. The van der Waals surface area contributed by atoms with Crippen LogP contribution in [0, 0.1) is 5.92 Å². The molecule has 0 aliphatic heterocycles. The maximum Gasteiger partial charge on any atom is 0.161 e. The highest BCUT2D eigenvalue weighted by Gasteiger charge is 2.21. The van der Waals surface area contributed by atoms with Crippen molar-refractivity contribution < 1.29 is 14.3 Å². The minimum atomic E-state index is -0.0881. The number of Topliss-reactive ketones (excluding diaryl/α,β-unsaturated/α-hetero) is 1. The molecule has 17 heavy (non-hydrogen) atoms. The second-order valence-electron chi connectivity index (χ2n) is 4.45. The number of carbonyl (C=O) groups excluding carboxylic acids is 1. The molecule has 94 valence electrons. The minimum Gasteiger partial charge on any atom is -0.493 e. The molecule has 3 nitrogen and oxygen atoms in total. The van der Waals surface area contributed by atoms with Gasteiger partial charge in [-0.15, -0.1) is 0 Å². The van der Waals surface area contributed by atoms with Crippen LogP contribution in [0.3, 0.4) is 0 Å². The molecule has 3 heteroatoms. The smallest absolute Gasteiger partial charge is 0.161 e. The highest BCUT2D eigenvalue weighted by atomic mass is 16.5. The summed E-state index contributed by atoms with van der Waals surface area (Å²) in [5, 5.41) is 0. The van der Waals surface area contributed by atoms with E-state index >= 15 is 0 Å². The average molecular weight is 236 g/mol. The van der Waals surface area contributed by atoms with Crippen LogP contribution in [0.1, 0.15) is 32.3 Å². The van der Waals surface area contributed by atoms with Crippen LogP contribution in [0.2, 0.25) is 0 Å². The number of ether oxygens (including phenoxy) is 2. The van der Waals surface area contributed by atoms with Crippen LogP contribution in [0.25, 0.3) is 0 Å². The lowest BCUT2D eigenvalue weighted by atomic mass is 9.85. The van der Waals surface area contributed by atoms with E-state index in [1.165, 1.54) is 0 Å². The van der Waals surface area contributed by atoms with Crippen LogP contribution in [-0.2, 0) is 4.79 Å². The van der Waals surface area contributed by atoms with Crippen molar-refractivity contribution >= 4 is 5.78 Å². The largest absolute Gasteiger partial charge is 0.493 e. The van der Waals surface area contributed by atoms with Gasteiger partial charge in [-0.3, -0.25) is 4.79 Å². The van der Waals surface area contributed by atoms with Crippen molar-refractivity contribution in [2.75, 3.05) is 14.2 Å². The third-order valence-corrected chi connectivity index (χ3v) is 2.87. The first-order chi connectivity index (χ1) is 8.01. The highest BCUT2D eigenvalue weighted by molar-refractivity contribution is 5.83. The van der Waals surface area contributed by atoms with E-state index in [-0.39, 0.29) is 17.6 Å². The molecular weight excluding hydrogens is 216 g/mol. The maximum absolute atomic E-state index is 11.7. The molecule has 0 saturated heterocycles. The van der Waals surface area contributed by atoms with Crippen LogP contribution < -0.4 is 9.47 Å². The van der Waals surface area contributed by atoms with E-state index in [1.807, 2.05) is 32.0 Å². The summed E-state index contributed by atoms with van der Waals surface area (Å²) in [5.41, 5.74) is 0.977. The van der Waals surface area contributed by atoms with Crippen LogP contribution in [0.4, 0.5) is 0 Å². The van der Waals surface area contributed by atoms with Crippen molar-refractivity contribution in [3.8, 4) is 11.5 Å². The van der Waals surface area contributed by atoms with E-state index in [2.05, 4.69) is 0 Å². The molecule has 1 aromatic rings. The number of rotatable bonds is 5. The van der Waals surface area contributed by atoms with Crippen molar-refractivity contribution in [2.24, 2.45) is 5.92 Å². The quantitative estimate of drug-likeness (QED) is 0.788. The summed E-state index contributed by atoms with van der Waals surface area (Å²) in [5.74, 6) is 1.70. The molecule has 0 saturated carbocycles. The zero-order chi connectivity index (χ0) is 13.0. The zero-order valence-corrected chi connectivity index (χ0v) is 11.1. The van der Waals surface area contributed by atoms with Gasteiger partial charge < -0.3 is 9.47 Å². The molecule has 0 radical (unpaired) electrons. The number of hydrogen-bond donors (Lipinski definition) is 0. The van der Waals surface area contributed by atoms with Crippen molar-refractivity contribution in [1.82, 2.24) is 0 Å². The Balaban J connectivity index is 3.17. The normalized spacial score (nSPS) is 12.4. The van der Waals surface area contributed by atoms with E-state index in [9.17, 15) is 4.79 Å². The Kier molecular flexibility index (Phi) is 4.55. The summed E-state index contributed by atoms with van der Waals surface area (Å²) in [6.07, 6.45) is 0. The van der Waals surface area contributed by atoms with Gasteiger partial charge in [0.2, 0.25) is 0 Å². The molecule has 1 atom stereocenters. The fourth-order valence-electron chi connectivity index (χ4n) is 2.14. The SMILES string of the molecule is COc1ccc(C(C(C)=O)C(C)C)cc1OC. The van der Waals surface area contributed by atoms with Gasteiger partial charge in [-0.05, 0) is 30.5 Å². The molecule has 0 bridgehead atoms. The number of ketones is 1. The van der Waals surface area contributed by atoms with Crippen LogP contribution >= 0.6 is 0 Å². The predicted molar refractivity (Wildman–Crippen MR) is 67.8 cm³/mol. The second kappa shape index (κ2) is 5.71. The summed E-state index contributed by atoms with van der Waals surface area (Å²) in [7, 11) is 3.20. The van der Waals surface area contributed by atoms with E-state index in [1.54, 1.807) is 21.1 Å². The molecule has 1 aromatic carbocycles. The van der Waals surface area contributed by atoms with E-state index in [0.717, 1.165) is 5.56 Å². The average Bonchev–Trinajstić information content (AvgIpc) is 2.27. The van der Waals surface area contributed by atoms with Gasteiger partial charge in [0.25, 0.3) is 0 Å². The van der Waals surface area contributed by atoms with Gasteiger partial charge in [-0.1, -0.05) is 19.9 Å². The van der Waals surface area contributed by atoms with E-state index < -0.39 is 0 Å². The highest BCUT2D eigenvalue weighted by Crippen LogP contribution is 2.33. The number of hydrogen-bond acceptors (Lipinski definition) is 3. The van der Waals surface area contributed by atoms with Crippen molar-refractivity contribution in [2.45, 2.75) is 26.7 Å². The standard InChI is InChI=1S/C14H20O3/c1-9(2)14(10(3)15)11-6-7-12(16-4)13(8-11)17-5/h6-9,14H,1-5H3. The molecule has 0 heterocycles. The fraction of sp³-hybridized carbons (Fsp3) is 0.500. The first kappa shape index (κ1) is 13.6. The van der Waals surface area contributed by atoms with Gasteiger partial charge in [-0.2, -0.15) is 0 Å². The molecule has 0 aliphatic carbocycles. The third-order valence-electron chi connectivity index (χ3n) is 2.87. The Labute approximate surface area is 103 Å². The summed E-state index contributed by atoms with van der Waals surface area (Å²) in [4.78, 5) is 11.7. The second-order valence-corrected chi connectivity index (χ2v) is 4.45.